The average Bonchev–Trinajstić information content (AvgIpc) is 2.20. The van der Waals surface area contributed by atoms with Crippen molar-refractivity contribution in [3.05, 3.63) is 29.3 Å². The number of aryl methyl sites for hydroxylation is 1. The minimum absolute atomic E-state index is 0.0561. The molecular formula is C12H20N2O. The zero-order valence-corrected chi connectivity index (χ0v) is 9.95. The molecule has 0 bridgehead atoms. The van der Waals surface area contributed by atoms with Gasteiger partial charge in [0.05, 0.1) is 12.8 Å². The Morgan fingerprint density at radius 3 is 2.53 bits per heavy atom. The van der Waals surface area contributed by atoms with Gasteiger partial charge < -0.3 is 10.5 Å². The Kier molecular flexibility index (Phi) is 4.12. The lowest BCUT2D eigenvalue weighted by Gasteiger charge is -2.21. The highest BCUT2D eigenvalue weighted by Gasteiger charge is 2.09. The van der Waals surface area contributed by atoms with Gasteiger partial charge in [0.25, 0.3) is 0 Å². The summed E-state index contributed by atoms with van der Waals surface area (Å²) in [6.45, 7) is 4.72. The summed E-state index contributed by atoms with van der Waals surface area (Å²) in [4.78, 5) is 1.98. The fourth-order valence-electron chi connectivity index (χ4n) is 1.47. The van der Waals surface area contributed by atoms with Crippen molar-refractivity contribution in [3.8, 4) is 5.75 Å². The van der Waals surface area contributed by atoms with Crippen molar-refractivity contribution < 1.29 is 4.74 Å². The Morgan fingerprint density at radius 1 is 1.40 bits per heavy atom. The summed E-state index contributed by atoms with van der Waals surface area (Å²) in [5, 5.41) is 0. The summed E-state index contributed by atoms with van der Waals surface area (Å²) in [5.74, 6) is 0.937. The number of nitrogens with zero attached hydrogens (tertiary/aromatic N) is 1. The minimum atomic E-state index is -0.0561. The lowest BCUT2D eigenvalue weighted by Crippen LogP contribution is -2.27. The maximum absolute atomic E-state index is 6.02. The molecule has 0 amide bonds. The van der Waals surface area contributed by atoms with Crippen LogP contribution in [0.5, 0.6) is 5.75 Å². The van der Waals surface area contributed by atoms with Crippen molar-refractivity contribution >= 4 is 0 Å². The van der Waals surface area contributed by atoms with Gasteiger partial charge in [-0.2, -0.15) is 0 Å². The molecule has 0 aliphatic rings. The molecule has 1 rings (SSSR count). The normalized spacial score (nSPS) is 12.9. The largest absolute Gasteiger partial charge is 0.494 e. The van der Waals surface area contributed by atoms with Crippen molar-refractivity contribution in [2.45, 2.75) is 20.0 Å². The molecule has 0 saturated heterocycles. The van der Waals surface area contributed by atoms with E-state index in [-0.39, 0.29) is 6.17 Å². The number of nitrogens with two attached hydrogens (primary N) is 1. The molecule has 0 aliphatic heterocycles. The first kappa shape index (κ1) is 12.0. The number of hydrogen-bond acceptors (Lipinski definition) is 3. The predicted molar refractivity (Wildman–Crippen MR) is 63.0 cm³/mol. The maximum atomic E-state index is 6.02. The summed E-state index contributed by atoms with van der Waals surface area (Å²) in [6.07, 6.45) is -0.0561. The fraction of sp³-hybridized carbons (Fsp3) is 0.500. The summed E-state index contributed by atoms with van der Waals surface area (Å²) in [5.41, 5.74) is 8.26. The molecule has 84 valence electrons. The molecule has 0 spiro atoms. The summed E-state index contributed by atoms with van der Waals surface area (Å²) in [6, 6.07) is 6.08. The first-order valence-corrected chi connectivity index (χ1v) is 5.21. The molecule has 0 aliphatic carbocycles. The molecule has 2 N–H and O–H groups in total. The second-order valence-corrected chi connectivity index (χ2v) is 3.87. The monoisotopic (exact) mass is 208 g/mol. The Hall–Kier alpha value is -1.06. The van der Waals surface area contributed by atoms with Gasteiger partial charge in [0.2, 0.25) is 0 Å². The molecule has 0 saturated carbocycles. The van der Waals surface area contributed by atoms with Crippen LogP contribution in [0, 0.1) is 6.92 Å². The minimum Gasteiger partial charge on any atom is -0.494 e. The molecule has 0 fully saturated rings. The van der Waals surface area contributed by atoms with Gasteiger partial charge in [-0.3, -0.25) is 4.90 Å². The zero-order chi connectivity index (χ0) is 11.4. The molecular weight excluding hydrogens is 188 g/mol. The van der Waals surface area contributed by atoms with Crippen molar-refractivity contribution in [3.63, 3.8) is 0 Å². The van der Waals surface area contributed by atoms with Crippen molar-refractivity contribution in [2.75, 3.05) is 20.7 Å². The number of hydrogen-bond donors (Lipinski definition) is 1. The third kappa shape index (κ3) is 2.94. The fourth-order valence-corrected chi connectivity index (χ4v) is 1.47. The highest BCUT2D eigenvalue weighted by atomic mass is 16.5. The Balaban J connectivity index is 2.90. The van der Waals surface area contributed by atoms with Crippen molar-refractivity contribution in [1.29, 1.82) is 0 Å². The van der Waals surface area contributed by atoms with Gasteiger partial charge in [-0.25, -0.2) is 0 Å². The van der Waals surface area contributed by atoms with Gasteiger partial charge in [-0.15, -0.1) is 0 Å². The van der Waals surface area contributed by atoms with E-state index in [1.54, 1.807) is 0 Å². The first-order valence-electron chi connectivity index (χ1n) is 5.21. The number of benzene rings is 1. The van der Waals surface area contributed by atoms with E-state index in [2.05, 4.69) is 6.07 Å². The van der Waals surface area contributed by atoms with E-state index in [0.29, 0.717) is 6.61 Å². The summed E-state index contributed by atoms with van der Waals surface area (Å²) < 4.78 is 5.48. The highest BCUT2D eigenvalue weighted by molar-refractivity contribution is 5.37. The molecule has 0 aromatic heterocycles. The van der Waals surface area contributed by atoms with E-state index in [4.69, 9.17) is 10.5 Å². The summed E-state index contributed by atoms with van der Waals surface area (Å²) in [7, 11) is 3.94. The van der Waals surface area contributed by atoms with Crippen molar-refractivity contribution in [1.82, 2.24) is 4.90 Å². The lowest BCUT2D eigenvalue weighted by atomic mass is 10.1. The predicted octanol–water partition coefficient (Wildman–Crippen LogP) is 1.91. The summed E-state index contributed by atoms with van der Waals surface area (Å²) >= 11 is 0. The van der Waals surface area contributed by atoms with Gasteiger partial charge in [-0.05, 0) is 51.2 Å². The highest BCUT2D eigenvalue weighted by Crippen LogP contribution is 2.22. The third-order valence-electron chi connectivity index (χ3n) is 2.40. The van der Waals surface area contributed by atoms with E-state index in [1.165, 1.54) is 0 Å². The molecule has 1 unspecified atom stereocenters. The molecule has 15 heavy (non-hydrogen) atoms. The SMILES string of the molecule is CCOc1ccc(C(N)N(C)C)cc1C. The van der Waals surface area contributed by atoms with Crippen LogP contribution in [0.4, 0.5) is 0 Å². The van der Waals surface area contributed by atoms with Gasteiger partial charge in [-0.1, -0.05) is 6.07 Å². The molecule has 3 nitrogen and oxygen atoms in total. The van der Waals surface area contributed by atoms with E-state index in [0.717, 1.165) is 16.9 Å². The van der Waals surface area contributed by atoms with E-state index in [9.17, 15) is 0 Å². The van der Waals surface area contributed by atoms with Crippen LogP contribution < -0.4 is 10.5 Å². The first-order chi connectivity index (χ1) is 7.06. The van der Waals surface area contributed by atoms with E-state index >= 15 is 0 Å². The zero-order valence-electron chi connectivity index (χ0n) is 9.95. The quantitative estimate of drug-likeness (QED) is 0.768. The van der Waals surface area contributed by atoms with E-state index in [1.807, 2.05) is 45.0 Å². The van der Waals surface area contributed by atoms with E-state index < -0.39 is 0 Å². The second-order valence-electron chi connectivity index (χ2n) is 3.87. The Labute approximate surface area is 91.8 Å². The number of ether oxygens (including phenoxy) is 1. The van der Waals surface area contributed by atoms with Crippen LogP contribution in [0.15, 0.2) is 18.2 Å². The van der Waals surface area contributed by atoms with Crippen LogP contribution in [0.2, 0.25) is 0 Å². The second kappa shape index (κ2) is 5.14. The molecule has 1 aromatic rings. The topological polar surface area (TPSA) is 38.5 Å². The van der Waals surface area contributed by atoms with Gasteiger partial charge >= 0.3 is 0 Å². The Bertz CT molecular complexity index is 323. The van der Waals surface area contributed by atoms with Crippen LogP contribution in [-0.4, -0.2) is 25.6 Å². The van der Waals surface area contributed by atoms with Crippen LogP contribution in [0.3, 0.4) is 0 Å². The lowest BCUT2D eigenvalue weighted by molar-refractivity contribution is 0.306. The molecule has 3 heteroatoms. The van der Waals surface area contributed by atoms with Crippen LogP contribution >= 0.6 is 0 Å². The molecule has 1 atom stereocenters. The van der Waals surface area contributed by atoms with Crippen LogP contribution in [0.1, 0.15) is 24.2 Å². The van der Waals surface area contributed by atoms with Crippen molar-refractivity contribution in [2.24, 2.45) is 5.73 Å². The maximum Gasteiger partial charge on any atom is 0.122 e. The van der Waals surface area contributed by atoms with Crippen LogP contribution in [0.25, 0.3) is 0 Å². The number of rotatable bonds is 4. The standard InChI is InChI=1S/C12H20N2O/c1-5-15-11-7-6-10(8-9(11)2)12(13)14(3)4/h6-8,12H,5,13H2,1-4H3. The van der Waals surface area contributed by atoms with Gasteiger partial charge in [0, 0.05) is 0 Å². The Morgan fingerprint density at radius 2 is 2.07 bits per heavy atom. The van der Waals surface area contributed by atoms with Crippen LogP contribution in [-0.2, 0) is 0 Å². The molecule has 0 radical (unpaired) electrons. The van der Waals surface area contributed by atoms with Gasteiger partial charge in [0.1, 0.15) is 5.75 Å². The smallest absolute Gasteiger partial charge is 0.122 e. The van der Waals surface area contributed by atoms with Gasteiger partial charge in [0.15, 0.2) is 0 Å². The average molecular weight is 208 g/mol. The molecule has 1 aromatic carbocycles. The molecule has 0 heterocycles. The third-order valence-corrected chi connectivity index (χ3v) is 2.40.